The van der Waals surface area contributed by atoms with Crippen LogP contribution in [0, 0.1) is 0 Å². The summed E-state index contributed by atoms with van der Waals surface area (Å²) < 4.78 is 0. The minimum Gasteiger partial charge on any atom is -0.289 e. The summed E-state index contributed by atoms with van der Waals surface area (Å²) in [5.74, 6) is 0. The van der Waals surface area contributed by atoms with E-state index in [1.54, 1.807) is 0 Å². The van der Waals surface area contributed by atoms with Gasteiger partial charge < -0.3 is 0 Å². The molecule has 0 atom stereocenters. The van der Waals surface area contributed by atoms with Crippen molar-refractivity contribution in [2.75, 3.05) is 6.54 Å². The Morgan fingerprint density at radius 3 is 2.50 bits per heavy atom. The number of hydrogen-bond donors (Lipinski definition) is 1. The quantitative estimate of drug-likeness (QED) is 0.373. The Balaban J connectivity index is 2.72. The van der Waals surface area contributed by atoms with E-state index in [9.17, 15) is 0 Å². The molecule has 1 N–H and O–H groups in total. The van der Waals surface area contributed by atoms with Crippen molar-refractivity contribution in [3.8, 4) is 0 Å². The average molecular weight is 156 g/mol. The molecule has 0 unspecified atom stereocenters. The Bertz CT molecular complexity index is 47.7. The number of rotatable bonds is 4. The van der Waals surface area contributed by atoms with Crippen LogP contribution in [-0.2, 0) is 0 Å². The lowest BCUT2D eigenvalue weighted by molar-refractivity contribution is 0.678. The molecule has 0 rings (SSSR count). The topological polar surface area (TPSA) is 12.0 Å². The lowest BCUT2D eigenvalue weighted by Crippen LogP contribution is -2.19. The highest BCUT2D eigenvalue weighted by Gasteiger charge is 1.92. The molecule has 1 nitrogen and oxygen atoms in total. The molecule has 0 radical (unpaired) electrons. The number of hydrogen-bond acceptors (Lipinski definition) is 1. The minimum atomic E-state index is -0.401. The first-order chi connectivity index (χ1) is 3.77. The van der Waals surface area contributed by atoms with E-state index in [4.69, 9.17) is 23.2 Å². The molecule has 0 saturated heterocycles. The molecule has 0 spiro atoms. The van der Waals surface area contributed by atoms with Crippen molar-refractivity contribution in [3.05, 3.63) is 0 Å². The van der Waals surface area contributed by atoms with E-state index in [1.807, 2.05) is 0 Å². The van der Waals surface area contributed by atoms with Crippen molar-refractivity contribution in [1.82, 2.24) is 5.32 Å². The summed E-state index contributed by atoms with van der Waals surface area (Å²) >= 11 is 10.7. The Hall–Kier alpha value is 0.540. The van der Waals surface area contributed by atoms with Gasteiger partial charge in [0.1, 0.15) is 0 Å². The van der Waals surface area contributed by atoms with Gasteiger partial charge in [0.15, 0.2) is 4.96 Å². The second-order valence-corrected chi connectivity index (χ2v) is 2.70. The summed E-state index contributed by atoms with van der Waals surface area (Å²) in [7, 11) is 0. The molecular weight excluding hydrogens is 145 g/mol. The number of halogens is 2. The molecule has 0 amide bonds. The minimum absolute atomic E-state index is 0.401. The van der Waals surface area contributed by atoms with Crippen LogP contribution in [0.4, 0.5) is 0 Å². The fraction of sp³-hybridized carbons (Fsp3) is 1.00. The molecule has 0 aromatic heterocycles. The zero-order chi connectivity index (χ0) is 6.41. The van der Waals surface area contributed by atoms with Gasteiger partial charge in [-0.3, -0.25) is 5.32 Å². The van der Waals surface area contributed by atoms with E-state index in [1.165, 1.54) is 6.42 Å². The van der Waals surface area contributed by atoms with Crippen LogP contribution in [0.1, 0.15) is 19.8 Å². The van der Waals surface area contributed by atoms with Gasteiger partial charge in [-0.2, -0.15) is 0 Å². The Morgan fingerprint density at radius 1 is 1.50 bits per heavy atom. The van der Waals surface area contributed by atoms with Crippen molar-refractivity contribution in [1.29, 1.82) is 0 Å². The third kappa shape index (κ3) is 6.54. The van der Waals surface area contributed by atoms with Crippen LogP contribution in [0.2, 0.25) is 0 Å². The second kappa shape index (κ2) is 5.67. The van der Waals surface area contributed by atoms with Gasteiger partial charge in [-0.15, -0.1) is 0 Å². The lowest BCUT2D eigenvalue weighted by Gasteiger charge is -2.00. The van der Waals surface area contributed by atoms with Gasteiger partial charge in [-0.05, 0) is 13.0 Å². The standard InChI is InChI=1S/C5H11Cl2N/c1-2-3-4-8-5(6)7/h5,8H,2-4H2,1H3. The molecule has 0 aliphatic rings. The monoisotopic (exact) mass is 155 g/mol. The molecule has 0 fully saturated rings. The van der Waals surface area contributed by atoms with E-state index in [0.717, 1.165) is 13.0 Å². The molecule has 0 aliphatic carbocycles. The van der Waals surface area contributed by atoms with Crippen LogP contribution in [0.15, 0.2) is 0 Å². The van der Waals surface area contributed by atoms with Gasteiger partial charge >= 0.3 is 0 Å². The van der Waals surface area contributed by atoms with Gasteiger partial charge in [0.05, 0.1) is 0 Å². The molecule has 0 aromatic rings. The first-order valence-electron chi connectivity index (χ1n) is 2.79. The average Bonchev–Trinajstić information content (AvgIpc) is 1.66. The predicted molar refractivity (Wildman–Crippen MR) is 38.4 cm³/mol. The highest BCUT2D eigenvalue weighted by molar-refractivity contribution is 6.43. The van der Waals surface area contributed by atoms with Crippen molar-refractivity contribution in [2.45, 2.75) is 24.7 Å². The van der Waals surface area contributed by atoms with Gasteiger partial charge in [0, 0.05) is 0 Å². The van der Waals surface area contributed by atoms with E-state index in [-0.39, 0.29) is 0 Å². The maximum atomic E-state index is 5.37. The maximum absolute atomic E-state index is 5.37. The molecule has 0 aliphatic heterocycles. The fourth-order valence-electron chi connectivity index (χ4n) is 0.388. The first kappa shape index (κ1) is 8.54. The molecule has 0 heterocycles. The molecule has 8 heavy (non-hydrogen) atoms. The van der Waals surface area contributed by atoms with Crippen LogP contribution in [0.3, 0.4) is 0 Å². The third-order valence-corrected chi connectivity index (χ3v) is 1.14. The summed E-state index contributed by atoms with van der Waals surface area (Å²) in [5, 5.41) is 2.88. The number of alkyl halides is 2. The van der Waals surface area contributed by atoms with E-state index < -0.39 is 4.96 Å². The largest absolute Gasteiger partial charge is 0.289 e. The van der Waals surface area contributed by atoms with Crippen LogP contribution < -0.4 is 5.32 Å². The summed E-state index contributed by atoms with van der Waals surface area (Å²) in [6.45, 7) is 3.04. The first-order valence-corrected chi connectivity index (χ1v) is 3.66. The Morgan fingerprint density at radius 2 is 2.12 bits per heavy atom. The van der Waals surface area contributed by atoms with Crippen molar-refractivity contribution < 1.29 is 0 Å². The summed E-state index contributed by atoms with van der Waals surface area (Å²) in [4.78, 5) is -0.401. The summed E-state index contributed by atoms with van der Waals surface area (Å²) in [5.41, 5.74) is 0. The van der Waals surface area contributed by atoms with E-state index >= 15 is 0 Å². The number of unbranched alkanes of at least 4 members (excludes halogenated alkanes) is 1. The summed E-state index contributed by atoms with van der Waals surface area (Å²) in [6.07, 6.45) is 2.31. The van der Waals surface area contributed by atoms with Crippen molar-refractivity contribution in [2.24, 2.45) is 0 Å². The van der Waals surface area contributed by atoms with Gasteiger partial charge in [0.2, 0.25) is 0 Å². The van der Waals surface area contributed by atoms with Gasteiger partial charge in [0.25, 0.3) is 0 Å². The maximum Gasteiger partial charge on any atom is 0.158 e. The fourth-order valence-corrected chi connectivity index (χ4v) is 0.606. The highest BCUT2D eigenvalue weighted by Crippen LogP contribution is 1.95. The highest BCUT2D eigenvalue weighted by atomic mass is 35.5. The Labute approximate surface area is 60.4 Å². The Kier molecular flexibility index (Phi) is 6.06. The van der Waals surface area contributed by atoms with Crippen LogP contribution in [0.5, 0.6) is 0 Å². The normalized spacial score (nSPS) is 10.5. The molecule has 0 aromatic carbocycles. The van der Waals surface area contributed by atoms with Crippen molar-refractivity contribution in [3.63, 3.8) is 0 Å². The lowest BCUT2D eigenvalue weighted by atomic mass is 10.3. The molecule has 3 heteroatoms. The predicted octanol–water partition coefficient (Wildman–Crippen LogP) is 2.14. The molecule has 0 bridgehead atoms. The number of nitrogens with one attached hydrogen (secondary N) is 1. The van der Waals surface area contributed by atoms with Crippen LogP contribution >= 0.6 is 23.2 Å². The molecule has 50 valence electrons. The smallest absolute Gasteiger partial charge is 0.158 e. The zero-order valence-electron chi connectivity index (χ0n) is 4.95. The van der Waals surface area contributed by atoms with Gasteiger partial charge in [-0.1, -0.05) is 36.5 Å². The second-order valence-electron chi connectivity index (χ2n) is 1.61. The molecular formula is C5H11Cl2N. The third-order valence-electron chi connectivity index (χ3n) is 0.829. The summed E-state index contributed by atoms with van der Waals surface area (Å²) in [6, 6.07) is 0. The molecule has 0 saturated carbocycles. The van der Waals surface area contributed by atoms with Crippen LogP contribution in [0.25, 0.3) is 0 Å². The van der Waals surface area contributed by atoms with Gasteiger partial charge in [-0.25, -0.2) is 0 Å². The SMILES string of the molecule is CCCCNC(Cl)Cl. The van der Waals surface area contributed by atoms with Crippen molar-refractivity contribution >= 4 is 23.2 Å². The van der Waals surface area contributed by atoms with E-state index in [0.29, 0.717) is 0 Å². The van der Waals surface area contributed by atoms with E-state index in [2.05, 4.69) is 12.2 Å². The zero-order valence-corrected chi connectivity index (χ0v) is 6.47. The van der Waals surface area contributed by atoms with Crippen LogP contribution in [-0.4, -0.2) is 11.5 Å².